The molecule has 2 aliphatic rings. The van der Waals surface area contributed by atoms with Gasteiger partial charge >= 0.3 is 0 Å². The second-order valence-electron chi connectivity index (χ2n) is 8.70. The first-order valence-electron chi connectivity index (χ1n) is 10.6. The Morgan fingerprint density at radius 2 is 1.79 bits per heavy atom. The number of hydrogen-bond donors (Lipinski definition) is 0. The van der Waals surface area contributed by atoms with Gasteiger partial charge in [-0.15, -0.1) is 0 Å². The van der Waals surface area contributed by atoms with Gasteiger partial charge in [-0.1, -0.05) is 33.6 Å². The van der Waals surface area contributed by atoms with Gasteiger partial charge in [-0.2, -0.15) is 0 Å². The van der Waals surface area contributed by atoms with Crippen molar-refractivity contribution >= 4 is 32.6 Å². The lowest BCUT2D eigenvalue weighted by Gasteiger charge is -2.37. The van der Waals surface area contributed by atoms with E-state index in [1.54, 1.807) is 0 Å². The van der Waals surface area contributed by atoms with E-state index in [1.807, 2.05) is 13.8 Å². The molecule has 2 unspecified atom stereocenters. The van der Waals surface area contributed by atoms with E-state index in [0.29, 0.717) is 29.5 Å². The highest BCUT2D eigenvalue weighted by Gasteiger charge is 2.64. The SMILES string of the molecule is CC1(C)C2CCC1(CS(=O)(=O)[O-])C(=O)C2.CCCCCC(=O)C[S+](CC)CC. The van der Waals surface area contributed by atoms with Crippen LogP contribution in [0.15, 0.2) is 0 Å². The quantitative estimate of drug-likeness (QED) is 0.297. The molecule has 0 spiro atoms. The topological polar surface area (TPSA) is 91.3 Å². The van der Waals surface area contributed by atoms with Crippen molar-refractivity contribution < 1.29 is 22.6 Å². The van der Waals surface area contributed by atoms with E-state index >= 15 is 0 Å². The van der Waals surface area contributed by atoms with Gasteiger partial charge in [-0.05, 0) is 55.3 Å². The first kappa shape index (κ1) is 25.6. The summed E-state index contributed by atoms with van der Waals surface area (Å²) in [4.78, 5) is 23.3. The summed E-state index contributed by atoms with van der Waals surface area (Å²) in [6.07, 6.45) is 6.21. The Bertz CT molecular complexity index is 637. The summed E-state index contributed by atoms with van der Waals surface area (Å²) >= 11 is 0. The minimum atomic E-state index is -4.33. The van der Waals surface area contributed by atoms with Crippen LogP contribution in [-0.2, 0) is 30.6 Å². The maximum absolute atomic E-state index is 11.8. The third-order valence-electron chi connectivity index (χ3n) is 6.80. The molecule has 5 nitrogen and oxygen atoms in total. The van der Waals surface area contributed by atoms with Crippen molar-refractivity contribution in [2.24, 2.45) is 16.7 Å². The van der Waals surface area contributed by atoms with Gasteiger partial charge in [0.05, 0.1) is 15.9 Å². The van der Waals surface area contributed by atoms with Crippen molar-refractivity contribution in [3.05, 3.63) is 0 Å². The lowest BCUT2D eigenvalue weighted by molar-refractivity contribution is -0.128. The van der Waals surface area contributed by atoms with Gasteiger partial charge in [-0.25, -0.2) is 8.42 Å². The molecular formula is C21H38O5S2. The zero-order valence-electron chi connectivity index (χ0n) is 18.2. The van der Waals surface area contributed by atoms with Gasteiger partial charge in [0.2, 0.25) is 0 Å². The zero-order valence-corrected chi connectivity index (χ0v) is 19.8. The van der Waals surface area contributed by atoms with E-state index in [2.05, 4.69) is 20.8 Å². The highest BCUT2D eigenvalue weighted by molar-refractivity contribution is 7.97. The minimum absolute atomic E-state index is 0.0248. The number of carbonyl (C=O) groups excluding carboxylic acids is 2. The van der Waals surface area contributed by atoms with E-state index < -0.39 is 21.3 Å². The van der Waals surface area contributed by atoms with Crippen LogP contribution in [0.4, 0.5) is 0 Å². The molecule has 0 radical (unpaired) electrons. The second-order valence-corrected chi connectivity index (χ2v) is 12.8. The van der Waals surface area contributed by atoms with E-state index in [4.69, 9.17) is 0 Å². The molecule has 28 heavy (non-hydrogen) atoms. The molecule has 2 atom stereocenters. The lowest BCUT2D eigenvalue weighted by atomic mass is 9.70. The van der Waals surface area contributed by atoms with E-state index in [-0.39, 0.29) is 17.1 Å². The molecule has 2 aliphatic carbocycles. The zero-order chi connectivity index (χ0) is 21.6. The predicted octanol–water partition coefficient (Wildman–Crippen LogP) is 3.72. The molecule has 0 aromatic rings. The van der Waals surface area contributed by atoms with Crippen LogP contribution in [0.2, 0.25) is 0 Å². The number of unbranched alkanes of at least 4 members (excludes halogenated alkanes) is 2. The Morgan fingerprint density at radius 3 is 2.18 bits per heavy atom. The second kappa shape index (κ2) is 10.6. The van der Waals surface area contributed by atoms with Crippen molar-refractivity contribution in [2.75, 3.05) is 23.0 Å². The Labute approximate surface area is 174 Å². The Kier molecular flexibility index (Phi) is 9.68. The number of rotatable bonds is 10. The number of hydrogen-bond acceptors (Lipinski definition) is 5. The number of Topliss-reactive ketones (excluding diaryl/α,β-unsaturated/α-hetero) is 2. The minimum Gasteiger partial charge on any atom is -0.748 e. The molecule has 2 rings (SSSR count). The van der Waals surface area contributed by atoms with Crippen LogP contribution in [0, 0.1) is 16.7 Å². The van der Waals surface area contributed by atoms with Crippen LogP contribution in [0.25, 0.3) is 0 Å². The fourth-order valence-electron chi connectivity index (χ4n) is 4.69. The molecule has 2 bridgehead atoms. The summed E-state index contributed by atoms with van der Waals surface area (Å²) in [6.45, 7) is 10.4. The molecule has 0 heterocycles. The number of ketones is 2. The first-order valence-corrected chi connectivity index (χ1v) is 13.9. The van der Waals surface area contributed by atoms with E-state index in [9.17, 15) is 22.6 Å². The third-order valence-corrected chi connectivity index (χ3v) is 10.0. The molecule has 0 aromatic heterocycles. The van der Waals surface area contributed by atoms with Crippen molar-refractivity contribution in [3.63, 3.8) is 0 Å². The fourth-order valence-corrected chi connectivity index (χ4v) is 7.39. The molecule has 7 heteroatoms. The molecular weight excluding hydrogens is 396 g/mol. The maximum atomic E-state index is 11.8. The van der Waals surface area contributed by atoms with Gasteiger partial charge < -0.3 is 4.55 Å². The smallest absolute Gasteiger partial charge is 0.181 e. The van der Waals surface area contributed by atoms with Crippen LogP contribution in [0.5, 0.6) is 0 Å². The van der Waals surface area contributed by atoms with Gasteiger partial charge in [0.1, 0.15) is 17.3 Å². The van der Waals surface area contributed by atoms with E-state index in [1.165, 1.54) is 24.3 Å². The number of fused-ring (bicyclic) bond motifs is 2. The Morgan fingerprint density at radius 1 is 1.18 bits per heavy atom. The molecule has 2 saturated carbocycles. The third kappa shape index (κ3) is 6.30. The van der Waals surface area contributed by atoms with Gasteiger partial charge in [0.25, 0.3) is 0 Å². The van der Waals surface area contributed by atoms with Crippen LogP contribution >= 0.6 is 0 Å². The summed E-state index contributed by atoms with van der Waals surface area (Å²) in [6, 6.07) is 0. The molecule has 0 aliphatic heterocycles. The summed E-state index contributed by atoms with van der Waals surface area (Å²) in [5.74, 6) is 3.40. The fraction of sp³-hybridized carbons (Fsp3) is 0.905. The Balaban J connectivity index is 0.000000284. The summed E-state index contributed by atoms with van der Waals surface area (Å²) < 4.78 is 32.7. The molecule has 164 valence electrons. The average molecular weight is 435 g/mol. The summed E-state index contributed by atoms with van der Waals surface area (Å²) in [7, 11) is -3.95. The first-order chi connectivity index (χ1) is 12.9. The van der Waals surface area contributed by atoms with Gasteiger partial charge in [0, 0.05) is 18.3 Å². The highest BCUT2D eigenvalue weighted by Crippen LogP contribution is 2.64. The normalized spacial score (nSPS) is 25.7. The van der Waals surface area contributed by atoms with Crippen molar-refractivity contribution in [2.45, 2.75) is 79.6 Å². The Hall–Kier alpha value is -0.400. The lowest BCUT2D eigenvalue weighted by Crippen LogP contribution is -2.42. The van der Waals surface area contributed by atoms with Crippen LogP contribution in [0.1, 0.15) is 79.6 Å². The van der Waals surface area contributed by atoms with Crippen LogP contribution in [0.3, 0.4) is 0 Å². The van der Waals surface area contributed by atoms with E-state index in [0.717, 1.165) is 25.0 Å². The standard InChI is InChI=1S/C11H23OS.C10H16O4S/c1-4-7-8-9-11(12)10-13(5-2)6-3;1-9(2)7-3-4-10(9,8(11)5-7)6-15(12,13)14/h4-10H2,1-3H3;7H,3-6H2,1-2H3,(H,12,13,14)/q+1;/p-1. The van der Waals surface area contributed by atoms with Gasteiger partial charge in [0.15, 0.2) is 11.5 Å². The maximum Gasteiger partial charge on any atom is 0.181 e. The van der Waals surface area contributed by atoms with Crippen molar-refractivity contribution in [1.29, 1.82) is 0 Å². The number of carbonyl (C=O) groups is 2. The van der Waals surface area contributed by atoms with Crippen LogP contribution < -0.4 is 0 Å². The summed E-state index contributed by atoms with van der Waals surface area (Å²) in [5, 5.41) is 0. The average Bonchev–Trinajstić information content (AvgIpc) is 2.93. The highest BCUT2D eigenvalue weighted by atomic mass is 32.2. The monoisotopic (exact) mass is 434 g/mol. The molecule has 0 N–H and O–H groups in total. The summed E-state index contributed by atoms with van der Waals surface area (Å²) in [5.41, 5.74) is -1.22. The largest absolute Gasteiger partial charge is 0.748 e. The van der Waals surface area contributed by atoms with Crippen LogP contribution in [-0.4, -0.2) is 47.5 Å². The molecule has 0 aromatic carbocycles. The molecule has 2 fully saturated rings. The van der Waals surface area contributed by atoms with Crippen molar-refractivity contribution in [3.8, 4) is 0 Å². The molecule has 0 amide bonds. The molecule has 0 saturated heterocycles. The predicted molar refractivity (Wildman–Crippen MR) is 116 cm³/mol. The van der Waals surface area contributed by atoms with Crippen molar-refractivity contribution in [1.82, 2.24) is 0 Å². The van der Waals surface area contributed by atoms with Gasteiger partial charge in [-0.3, -0.25) is 9.59 Å².